The summed E-state index contributed by atoms with van der Waals surface area (Å²) in [6.07, 6.45) is 2.48. The van der Waals surface area contributed by atoms with Crippen LogP contribution < -0.4 is 5.32 Å². The lowest BCUT2D eigenvalue weighted by atomic mass is 9.71. The molecule has 1 heterocycles. The van der Waals surface area contributed by atoms with Gasteiger partial charge in [0.05, 0.1) is 4.47 Å². The van der Waals surface area contributed by atoms with E-state index in [4.69, 9.17) is 0 Å². The third-order valence-corrected chi connectivity index (χ3v) is 5.31. The van der Waals surface area contributed by atoms with E-state index < -0.39 is 0 Å². The third-order valence-electron chi connectivity index (χ3n) is 4.42. The number of ketones is 1. The van der Waals surface area contributed by atoms with Crippen LogP contribution in [0.4, 0.5) is 4.39 Å². The van der Waals surface area contributed by atoms with Crippen molar-refractivity contribution in [3.8, 4) is 0 Å². The van der Waals surface area contributed by atoms with Crippen molar-refractivity contribution >= 4 is 21.7 Å². The molecule has 1 aliphatic heterocycles. The Hall–Kier alpha value is -0.740. The summed E-state index contributed by atoms with van der Waals surface area (Å²) in [5.41, 5.74) is 0.353. The normalized spacial score (nSPS) is 19.9. The average molecular weight is 342 g/mol. The highest BCUT2D eigenvalue weighted by Crippen LogP contribution is 2.34. The van der Waals surface area contributed by atoms with Crippen molar-refractivity contribution in [2.45, 2.75) is 33.1 Å². The van der Waals surface area contributed by atoms with Crippen molar-refractivity contribution in [3.05, 3.63) is 34.1 Å². The molecule has 1 atom stereocenters. The molecule has 0 bridgehead atoms. The maximum Gasteiger partial charge on any atom is 0.143 e. The Morgan fingerprint density at radius 3 is 2.90 bits per heavy atom. The lowest BCUT2D eigenvalue weighted by molar-refractivity contribution is -0.129. The second-order valence-electron chi connectivity index (χ2n) is 6.08. The second kappa shape index (κ2) is 6.35. The topological polar surface area (TPSA) is 29.1 Å². The minimum atomic E-state index is -0.376. The van der Waals surface area contributed by atoms with Crippen LogP contribution in [0, 0.1) is 17.2 Å². The molecule has 1 aromatic rings. The molecule has 1 N–H and O–H groups in total. The Morgan fingerprint density at radius 1 is 1.50 bits per heavy atom. The molecule has 0 spiro atoms. The standard InChI is InChI=1S/C16H21BrFNO/c1-16(2,12-6-4-8-19-10-12)14(20)9-11-5-3-7-13(18)15(11)17/h3,5,7,12,19H,4,6,8-10H2,1-2H3. The highest BCUT2D eigenvalue weighted by Gasteiger charge is 2.36. The van der Waals surface area contributed by atoms with Crippen LogP contribution in [0.25, 0.3) is 0 Å². The Morgan fingerprint density at radius 2 is 2.25 bits per heavy atom. The zero-order valence-electron chi connectivity index (χ0n) is 12.0. The second-order valence-corrected chi connectivity index (χ2v) is 6.87. The molecule has 1 aliphatic rings. The van der Waals surface area contributed by atoms with E-state index in [1.807, 2.05) is 13.8 Å². The summed E-state index contributed by atoms with van der Waals surface area (Å²) in [6, 6.07) is 4.85. The fourth-order valence-electron chi connectivity index (χ4n) is 2.78. The maximum absolute atomic E-state index is 13.5. The first-order valence-corrected chi connectivity index (χ1v) is 7.89. The average Bonchev–Trinajstić information content (AvgIpc) is 2.44. The number of hydrogen-bond donors (Lipinski definition) is 1. The van der Waals surface area contributed by atoms with Gasteiger partial charge in [0.1, 0.15) is 11.6 Å². The lowest BCUT2D eigenvalue weighted by Gasteiger charge is -2.36. The van der Waals surface area contributed by atoms with Gasteiger partial charge < -0.3 is 5.32 Å². The molecule has 4 heteroatoms. The monoisotopic (exact) mass is 341 g/mol. The number of nitrogens with one attached hydrogen (secondary N) is 1. The highest BCUT2D eigenvalue weighted by molar-refractivity contribution is 9.10. The summed E-state index contributed by atoms with van der Waals surface area (Å²) in [7, 11) is 0. The fraction of sp³-hybridized carbons (Fsp3) is 0.562. The van der Waals surface area contributed by atoms with Crippen LogP contribution in [-0.4, -0.2) is 18.9 Å². The van der Waals surface area contributed by atoms with Gasteiger partial charge >= 0.3 is 0 Å². The maximum atomic E-state index is 13.5. The van der Waals surface area contributed by atoms with Crippen LogP contribution in [-0.2, 0) is 11.2 Å². The minimum absolute atomic E-state index is 0.178. The molecule has 0 radical (unpaired) electrons. The zero-order valence-corrected chi connectivity index (χ0v) is 13.6. The predicted molar refractivity (Wildman–Crippen MR) is 82.2 cm³/mol. The van der Waals surface area contributed by atoms with Gasteiger partial charge in [0.2, 0.25) is 0 Å². The Labute approximate surface area is 128 Å². The quantitative estimate of drug-likeness (QED) is 0.904. The first kappa shape index (κ1) is 15.6. The number of benzene rings is 1. The summed E-state index contributed by atoms with van der Waals surface area (Å²) in [5, 5.41) is 3.36. The minimum Gasteiger partial charge on any atom is -0.316 e. The van der Waals surface area contributed by atoms with Crippen LogP contribution in [0.15, 0.2) is 22.7 Å². The van der Waals surface area contributed by atoms with E-state index in [2.05, 4.69) is 21.2 Å². The molecule has 0 aromatic heterocycles. The lowest BCUT2D eigenvalue weighted by Crippen LogP contribution is -2.43. The van der Waals surface area contributed by atoms with Gasteiger partial charge in [-0.05, 0) is 59.4 Å². The SMILES string of the molecule is CC(C)(C(=O)Cc1cccc(F)c1Br)C1CCCNC1. The molecule has 0 saturated carbocycles. The number of piperidine rings is 1. The number of rotatable bonds is 4. The molecule has 2 nitrogen and oxygen atoms in total. The van der Waals surface area contributed by atoms with Gasteiger partial charge in [0.15, 0.2) is 0 Å². The zero-order chi connectivity index (χ0) is 14.8. The van der Waals surface area contributed by atoms with E-state index in [-0.39, 0.29) is 23.4 Å². The molecule has 0 amide bonds. The molecule has 2 rings (SSSR count). The van der Waals surface area contributed by atoms with Crippen molar-refractivity contribution in [2.24, 2.45) is 11.3 Å². The molecule has 1 aromatic carbocycles. The molecule has 0 aliphatic carbocycles. The Balaban J connectivity index is 2.12. The summed E-state index contributed by atoms with van der Waals surface area (Å²) in [5.74, 6) is 0.223. The summed E-state index contributed by atoms with van der Waals surface area (Å²) >= 11 is 3.23. The van der Waals surface area contributed by atoms with Crippen LogP contribution in [0.5, 0.6) is 0 Å². The number of halogens is 2. The van der Waals surface area contributed by atoms with E-state index >= 15 is 0 Å². The van der Waals surface area contributed by atoms with Crippen molar-refractivity contribution in [2.75, 3.05) is 13.1 Å². The van der Waals surface area contributed by atoms with E-state index in [9.17, 15) is 9.18 Å². The fourth-order valence-corrected chi connectivity index (χ4v) is 3.19. The van der Waals surface area contributed by atoms with Gasteiger partial charge in [-0.1, -0.05) is 26.0 Å². The number of hydrogen-bond acceptors (Lipinski definition) is 2. The smallest absolute Gasteiger partial charge is 0.143 e. The molecule has 110 valence electrons. The van der Waals surface area contributed by atoms with Gasteiger partial charge in [-0.15, -0.1) is 0 Å². The largest absolute Gasteiger partial charge is 0.316 e. The molecular formula is C16H21BrFNO. The van der Waals surface area contributed by atoms with Crippen LogP contribution in [0.3, 0.4) is 0 Å². The third kappa shape index (κ3) is 3.29. The van der Waals surface area contributed by atoms with E-state index in [0.29, 0.717) is 10.4 Å². The van der Waals surface area contributed by atoms with Crippen molar-refractivity contribution < 1.29 is 9.18 Å². The molecule has 20 heavy (non-hydrogen) atoms. The molecule has 1 saturated heterocycles. The van der Waals surface area contributed by atoms with Gasteiger partial charge in [-0.3, -0.25) is 4.79 Å². The Bertz CT molecular complexity index is 495. The van der Waals surface area contributed by atoms with Crippen molar-refractivity contribution in [3.63, 3.8) is 0 Å². The first-order chi connectivity index (χ1) is 9.43. The summed E-state index contributed by atoms with van der Waals surface area (Å²) in [4.78, 5) is 12.6. The number of carbonyl (C=O) groups is 1. The van der Waals surface area contributed by atoms with E-state index in [0.717, 1.165) is 31.5 Å². The van der Waals surface area contributed by atoms with Gasteiger partial charge in [-0.25, -0.2) is 4.39 Å². The molecule has 1 unspecified atom stereocenters. The van der Waals surface area contributed by atoms with Crippen molar-refractivity contribution in [1.29, 1.82) is 0 Å². The summed E-state index contributed by atoms with van der Waals surface area (Å²) < 4.78 is 13.9. The van der Waals surface area contributed by atoms with Gasteiger partial charge in [-0.2, -0.15) is 0 Å². The highest BCUT2D eigenvalue weighted by atomic mass is 79.9. The number of Topliss-reactive ketones (excluding diaryl/α,β-unsaturated/α-hetero) is 1. The van der Waals surface area contributed by atoms with Crippen LogP contribution in [0.1, 0.15) is 32.3 Å². The van der Waals surface area contributed by atoms with Crippen LogP contribution in [0.2, 0.25) is 0 Å². The predicted octanol–water partition coefficient (Wildman–Crippen LogP) is 3.73. The van der Waals surface area contributed by atoms with Gasteiger partial charge in [0.25, 0.3) is 0 Å². The summed E-state index contributed by atoms with van der Waals surface area (Å²) in [6.45, 7) is 5.96. The van der Waals surface area contributed by atoms with Gasteiger partial charge in [0, 0.05) is 11.8 Å². The van der Waals surface area contributed by atoms with E-state index in [1.165, 1.54) is 6.07 Å². The van der Waals surface area contributed by atoms with E-state index in [1.54, 1.807) is 12.1 Å². The molecular weight excluding hydrogens is 321 g/mol. The van der Waals surface area contributed by atoms with Crippen molar-refractivity contribution in [1.82, 2.24) is 5.32 Å². The first-order valence-electron chi connectivity index (χ1n) is 7.10. The number of carbonyl (C=O) groups excluding carboxylic acids is 1. The Kier molecular flexibility index (Phi) is 4.97. The molecule has 1 fully saturated rings. The van der Waals surface area contributed by atoms with Crippen LogP contribution >= 0.6 is 15.9 Å².